The number of alkyl halides is 2. The molecule has 16 heavy (non-hydrogen) atoms. The second kappa shape index (κ2) is 5.36. The maximum absolute atomic E-state index is 12.1. The quantitative estimate of drug-likeness (QED) is 0.751. The van der Waals surface area contributed by atoms with Crippen LogP contribution in [0.15, 0.2) is 29.2 Å². The second-order valence-corrected chi connectivity index (χ2v) is 4.87. The molecule has 1 aromatic carbocycles. The van der Waals surface area contributed by atoms with Gasteiger partial charge in [0.05, 0.1) is 4.90 Å². The fourth-order valence-corrected chi connectivity index (χ4v) is 2.07. The average Bonchev–Trinajstić information content (AvgIpc) is 2.26. The molecule has 0 fully saturated rings. The van der Waals surface area contributed by atoms with Gasteiger partial charge in [0.1, 0.15) is 19.5 Å². The number of rotatable bonds is 5. The van der Waals surface area contributed by atoms with Gasteiger partial charge >= 0.3 is 0 Å². The van der Waals surface area contributed by atoms with Crippen LogP contribution in [0.2, 0.25) is 0 Å². The summed E-state index contributed by atoms with van der Waals surface area (Å²) in [6, 6.07) is 5.82. The summed E-state index contributed by atoms with van der Waals surface area (Å²) in [4.78, 5) is -0.106. The highest BCUT2D eigenvalue weighted by molar-refractivity contribution is 7.86. The molecule has 6 heteroatoms. The van der Waals surface area contributed by atoms with Gasteiger partial charge in [-0.2, -0.15) is 8.42 Å². The van der Waals surface area contributed by atoms with Crippen molar-refractivity contribution in [1.29, 1.82) is 0 Å². The molecule has 3 nitrogen and oxygen atoms in total. The molecule has 0 amide bonds. The maximum atomic E-state index is 12.1. The normalized spacial score (nSPS) is 12.0. The summed E-state index contributed by atoms with van der Waals surface area (Å²) in [7, 11) is -4.08. The third-order valence-corrected chi connectivity index (χ3v) is 3.29. The molecular formula is C10H12F2O3S. The summed E-state index contributed by atoms with van der Waals surface area (Å²) in [6.07, 6.45) is -1.56. The van der Waals surface area contributed by atoms with Gasteiger partial charge in [-0.15, -0.1) is 0 Å². The lowest BCUT2D eigenvalue weighted by molar-refractivity contribution is 0.140. The molecule has 0 spiro atoms. The van der Waals surface area contributed by atoms with Crippen molar-refractivity contribution in [3.63, 3.8) is 0 Å². The highest BCUT2D eigenvalue weighted by atomic mass is 32.2. The van der Waals surface area contributed by atoms with E-state index in [0.717, 1.165) is 5.56 Å². The van der Waals surface area contributed by atoms with Crippen LogP contribution in [-0.4, -0.2) is 27.9 Å². The fraction of sp³-hybridized carbons (Fsp3) is 0.400. The minimum atomic E-state index is -4.08. The van der Waals surface area contributed by atoms with Crippen molar-refractivity contribution in [1.82, 2.24) is 0 Å². The molecule has 0 N–H and O–H groups in total. The van der Waals surface area contributed by atoms with Crippen molar-refractivity contribution in [2.75, 3.05) is 13.3 Å². The summed E-state index contributed by atoms with van der Waals surface area (Å²) >= 11 is 0. The van der Waals surface area contributed by atoms with E-state index in [9.17, 15) is 17.2 Å². The molecule has 0 aromatic heterocycles. The topological polar surface area (TPSA) is 43.4 Å². The Morgan fingerprint density at radius 1 is 1.19 bits per heavy atom. The molecular weight excluding hydrogens is 238 g/mol. The summed E-state index contributed by atoms with van der Waals surface area (Å²) in [5, 5.41) is 0. The van der Waals surface area contributed by atoms with Crippen molar-refractivity contribution in [3.05, 3.63) is 29.8 Å². The Balaban J connectivity index is 2.89. The third kappa shape index (κ3) is 3.24. The van der Waals surface area contributed by atoms with Gasteiger partial charge in [-0.3, -0.25) is 4.18 Å². The molecule has 0 atom stereocenters. The van der Waals surface area contributed by atoms with E-state index in [0.29, 0.717) is 0 Å². The van der Waals surface area contributed by atoms with Crippen LogP contribution in [0.4, 0.5) is 8.78 Å². The number of hydrogen-bond acceptors (Lipinski definition) is 3. The summed E-state index contributed by atoms with van der Waals surface area (Å²) in [6.45, 7) is -0.563. The summed E-state index contributed by atoms with van der Waals surface area (Å²) < 4.78 is 51.7. The number of hydrogen-bond donors (Lipinski definition) is 0. The summed E-state index contributed by atoms with van der Waals surface area (Å²) in [5.41, 5.74) is 0.881. The molecule has 0 aliphatic rings. The van der Waals surface area contributed by atoms with Gasteiger partial charge in [0.15, 0.2) is 0 Å². The standard InChI is InChI=1S/C10H12F2O3S/c1-8-2-4-10(5-3-8)16(13,14)15-9(6-11)7-12/h2-5,9H,6-7H2,1H3. The van der Waals surface area contributed by atoms with Crippen LogP contribution < -0.4 is 0 Å². The lowest BCUT2D eigenvalue weighted by atomic mass is 10.2. The Hall–Kier alpha value is -1.01. The van der Waals surface area contributed by atoms with E-state index >= 15 is 0 Å². The van der Waals surface area contributed by atoms with E-state index in [1.54, 1.807) is 19.1 Å². The van der Waals surface area contributed by atoms with Crippen LogP contribution in [0.3, 0.4) is 0 Å². The lowest BCUT2D eigenvalue weighted by Crippen LogP contribution is -2.22. The molecule has 0 saturated heterocycles. The first-order valence-electron chi connectivity index (χ1n) is 4.61. The average molecular weight is 250 g/mol. The zero-order valence-corrected chi connectivity index (χ0v) is 9.51. The van der Waals surface area contributed by atoms with Crippen molar-refractivity contribution in [2.45, 2.75) is 17.9 Å². The molecule has 0 aliphatic heterocycles. The van der Waals surface area contributed by atoms with E-state index < -0.39 is 29.6 Å². The fourth-order valence-electron chi connectivity index (χ4n) is 1.03. The predicted octanol–water partition coefficient (Wildman–Crippen LogP) is 2.01. The van der Waals surface area contributed by atoms with Gasteiger partial charge in [0.2, 0.25) is 0 Å². The van der Waals surface area contributed by atoms with Crippen LogP contribution >= 0.6 is 0 Å². The highest BCUT2D eigenvalue weighted by Gasteiger charge is 2.21. The maximum Gasteiger partial charge on any atom is 0.297 e. The third-order valence-electron chi connectivity index (χ3n) is 1.92. The number of benzene rings is 1. The molecule has 0 unspecified atom stereocenters. The van der Waals surface area contributed by atoms with Crippen LogP contribution in [0, 0.1) is 6.92 Å². The first kappa shape index (κ1) is 13.1. The van der Waals surface area contributed by atoms with Gasteiger partial charge in [0, 0.05) is 0 Å². The van der Waals surface area contributed by atoms with Gasteiger partial charge in [-0.05, 0) is 19.1 Å². The first-order chi connectivity index (χ1) is 7.49. The molecule has 1 aromatic rings. The van der Waals surface area contributed by atoms with Crippen LogP contribution in [0.25, 0.3) is 0 Å². The van der Waals surface area contributed by atoms with E-state index in [1.807, 2.05) is 0 Å². The smallest absolute Gasteiger partial charge is 0.257 e. The molecule has 0 heterocycles. The highest BCUT2D eigenvalue weighted by Crippen LogP contribution is 2.15. The van der Waals surface area contributed by atoms with E-state index in [2.05, 4.69) is 4.18 Å². The lowest BCUT2D eigenvalue weighted by Gasteiger charge is -2.10. The minimum Gasteiger partial charge on any atom is -0.257 e. The SMILES string of the molecule is Cc1ccc(S(=O)(=O)OC(CF)CF)cc1. The van der Waals surface area contributed by atoms with Gasteiger partial charge in [-0.1, -0.05) is 17.7 Å². The minimum absolute atomic E-state index is 0.106. The van der Waals surface area contributed by atoms with Gasteiger partial charge in [-0.25, -0.2) is 8.78 Å². The van der Waals surface area contributed by atoms with E-state index in [1.165, 1.54) is 12.1 Å². The zero-order valence-electron chi connectivity index (χ0n) is 8.69. The van der Waals surface area contributed by atoms with Crippen LogP contribution in [0.5, 0.6) is 0 Å². The Kier molecular flexibility index (Phi) is 4.37. The van der Waals surface area contributed by atoms with E-state index in [-0.39, 0.29) is 4.90 Å². The molecule has 90 valence electrons. The van der Waals surface area contributed by atoms with Crippen molar-refractivity contribution >= 4 is 10.1 Å². The number of aryl methyl sites for hydroxylation is 1. The Bertz CT molecular complexity index is 424. The van der Waals surface area contributed by atoms with Crippen LogP contribution in [-0.2, 0) is 14.3 Å². The van der Waals surface area contributed by atoms with Crippen molar-refractivity contribution < 1.29 is 21.4 Å². The molecule has 0 bridgehead atoms. The Labute approximate surface area is 93.2 Å². The van der Waals surface area contributed by atoms with Crippen molar-refractivity contribution in [2.24, 2.45) is 0 Å². The zero-order chi connectivity index (χ0) is 12.2. The largest absolute Gasteiger partial charge is 0.297 e. The number of halogens is 2. The van der Waals surface area contributed by atoms with Gasteiger partial charge in [0.25, 0.3) is 10.1 Å². The predicted molar refractivity (Wildman–Crippen MR) is 55.2 cm³/mol. The first-order valence-corrected chi connectivity index (χ1v) is 6.02. The Morgan fingerprint density at radius 3 is 2.12 bits per heavy atom. The second-order valence-electron chi connectivity index (χ2n) is 3.29. The monoisotopic (exact) mass is 250 g/mol. The molecule has 1 rings (SSSR count). The van der Waals surface area contributed by atoms with Crippen LogP contribution in [0.1, 0.15) is 5.56 Å². The molecule has 0 aliphatic carbocycles. The molecule has 0 radical (unpaired) electrons. The summed E-state index contributed by atoms with van der Waals surface area (Å²) in [5.74, 6) is 0. The van der Waals surface area contributed by atoms with E-state index in [4.69, 9.17) is 0 Å². The van der Waals surface area contributed by atoms with Crippen molar-refractivity contribution in [3.8, 4) is 0 Å². The Morgan fingerprint density at radius 2 is 1.69 bits per heavy atom. The molecule has 0 saturated carbocycles. The van der Waals surface area contributed by atoms with Gasteiger partial charge < -0.3 is 0 Å².